The molecule has 0 bridgehead atoms. The smallest absolute Gasteiger partial charge is 0.221 e. The summed E-state index contributed by atoms with van der Waals surface area (Å²) in [6.07, 6.45) is 45.2. The van der Waals surface area contributed by atoms with Crippen LogP contribution in [0.5, 0.6) is 0 Å². The quantitative estimate of drug-likeness (QED) is 0.0383. The Kier molecular flexibility index (Phi) is 43.0. The summed E-state index contributed by atoms with van der Waals surface area (Å²) in [5, 5.41) is 28.3. The molecule has 2 saturated heterocycles. The lowest BCUT2D eigenvalue weighted by atomic mass is 9.87. The van der Waals surface area contributed by atoms with Crippen LogP contribution < -0.4 is 42.5 Å². The fourth-order valence-electron chi connectivity index (χ4n) is 9.82. The molecule has 0 spiro atoms. The summed E-state index contributed by atoms with van der Waals surface area (Å²) >= 11 is 0. The topological polar surface area (TPSA) is 130 Å². The van der Waals surface area contributed by atoms with Crippen LogP contribution >= 0.6 is 0 Å². The van der Waals surface area contributed by atoms with Crippen LogP contribution in [0.3, 0.4) is 0 Å². The highest BCUT2D eigenvalue weighted by atomic mass is 16.2. The Morgan fingerprint density at radius 3 is 1.17 bits per heavy atom. The van der Waals surface area contributed by atoms with Crippen LogP contribution in [0.25, 0.3) is 0 Å². The molecule has 0 saturated carbocycles. The van der Waals surface area contributed by atoms with Crippen LogP contribution in [0.4, 0.5) is 0 Å². The third-order valence-corrected chi connectivity index (χ3v) is 13.9. The number of rotatable bonds is 27. The summed E-state index contributed by atoms with van der Waals surface area (Å²) in [5.74, 6) is 1.15. The predicted octanol–water partition coefficient (Wildman–Crippen LogP) is 10.2. The molecule has 2 fully saturated rings. The first-order valence-electron chi connectivity index (χ1n) is 28.5. The van der Waals surface area contributed by atoms with Crippen LogP contribution in [0.2, 0.25) is 0 Å². The van der Waals surface area contributed by atoms with Crippen molar-refractivity contribution >= 4 is 11.8 Å². The van der Waals surface area contributed by atoms with Crippen molar-refractivity contribution in [2.75, 3.05) is 78.5 Å². The summed E-state index contributed by atoms with van der Waals surface area (Å²) in [5.41, 5.74) is 0. The molecule has 2 aliphatic rings. The highest BCUT2D eigenvalue weighted by Gasteiger charge is 2.20. The van der Waals surface area contributed by atoms with E-state index in [-0.39, 0.29) is 17.9 Å². The van der Waals surface area contributed by atoms with Crippen LogP contribution in [-0.2, 0) is 9.59 Å². The lowest BCUT2D eigenvalue weighted by molar-refractivity contribution is -0.122. The molecule has 64 heavy (non-hydrogen) atoms. The van der Waals surface area contributed by atoms with Gasteiger partial charge in [0.15, 0.2) is 0 Å². The molecule has 2 aliphatic heterocycles. The molecule has 3 unspecified atom stereocenters. The number of carbonyl (C=O) groups is 2. The molecule has 8 N–H and O–H groups in total. The van der Waals surface area contributed by atoms with Crippen molar-refractivity contribution < 1.29 is 9.59 Å². The lowest BCUT2D eigenvalue weighted by Crippen LogP contribution is -2.39. The summed E-state index contributed by atoms with van der Waals surface area (Å²) in [4.78, 5) is 25.8. The largest absolute Gasteiger partial charge is 0.356 e. The summed E-state index contributed by atoms with van der Waals surface area (Å²) in [6, 6.07) is 0.573. The molecule has 0 aliphatic carbocycles. The summed E-state index contributed by atoms with van der Waals surface area (Å²) < 4.78 is 0. The van der Waals surface area contributed by atoms with Gasteiger partial charge in [0.2, 0.25) is 11.8 Å². The van der Waals surface area contributed by atoms with Crippen molar-refractivity contribution in [2.45, 2.75) is 250 Å². The van der Waals surface area contributed by atoms with Gasteiger partial charge in [0.25, 0.3) is 0 Å². The van der Waals surface area contributed by atoms with Gasteiger partial charge in [-0.25, -0.2) is 0 Å². The predicted molar refractivity (Wildman–Crippen MR) is 276 cm³/mol. The Bertz CT molecular complexity index is 1000. The Labute approximate surface area is 397 Å². The first-order chi connectivity index (χ1) is 31.7. The van der Waals surface area contributed by atoms with E-state index < -0.39 is 0 Å². The molecule has 0 aromatic rings. The molecule has 378 valence electrons. The van der Waals surface area contributed by atoms with E-state index in [2.05, 4.69) is 49.5 Å². The second kappa shape index (κ2) is 46.8. The van der Waals surface area contributed by atoms with Gasteiger partial charge in [0, 0.05) is 38.0 Å². The normalized spacial score (nSPS) is 21.5. The van der Waals surface area contributed by atoms with E-state index in [0.717, 1.165) is 123 Å². The van der Waals surface area contributed by atoms with Gasteiger partial charge >= 0.3 is 0 Å². The Morgan fingerprint density at radius 1 is 0.375 bits per heavy atom. The Hall–Kier alpha value is -1.30. The highest BCUT2D eigenvalue weighted by Crippen LogP contribution is 2.25. The molecule has 0 aromatic heterocycles. The SMILES string of the molecule is CCCCCCCCCCCC(CCCCCCCCCCCCCCC1CC(=O)NCCCNCCCCNCCCN1)CC1CC(=O)NCCCNCCCCCNCCCN1. The van der Waals surface area contributed by atoms with Gasteiger partial charge < -0.3 is 42.5 Å². The zero-order chi connectivity index (χ0) is 45.5. The lowest BCUT2D eigenvalue weighted by Gasteiger charge is -2.25. The maximum Gasteiger partial charge on any atom is 0.221 e. The number of hydrogen-bond donors (Lipinski definition) is 8. The average Bonchev–Trinajstić information content (AvgIpc) is 3.29. The maximum atomic E-state index is 13.1. The van der Waals surface area contributed by atoms with Gasteiger partial charge in [-0.1, -0.05) is 161 Å². The molecule has 2 amide bonds. The third kappa shape index (κ3) is 39.8. The number of carbonyl (C=O) groups excluding carboxylic acids is 2. The molecule has 10 heteroatoms. The Balaban J connectivity index is 1.65. The molecule has 3 atom stereocenters. The zero-order valence-electron chi connectivity index (χ0n) is 42.5. The first kappa shape index (κ1) is 58.8. The molecule has 10 nitrogen and oxygen atoms in total. The van der Waals surface area contributed by atoms with E-state index in [1.807, 2.05) is 0 Å². The number of amides is 2. The second-order valence-electron chi connectivity index (χ2n) is 20.1. The highest BCUT2D eigenvalue weighted by molar-refractivity contribution is 5.76. The molecule has 0 radical (unpaired) electrons. The van der Waals surface area contributed by atoms with Crippen molar-refractivity contribution in [1.82, 2.24) is 42.5 Å². The minimum absolute atomic E-state index is 0.206. The van der Waals surface area contributed by atoms with E-state index >= 15 is 0 Å². The summed E-state index contributed by atoms with van der Waals surface area (Å²) in [7, 11) is 0. The van der Waals surface area contributed by atoms with Gasteiger partial charge in [-0.15, -0.1) is 0 Å². The van der Waals surface area contributed by atoms with Crippen molar-refractivity contribution in [3.63, 3.8) is 0 Å². The van der Waals surface area contributed by atoms with Crippen molar-refractivity contribution in [1.29, 1.82) is 0 Å². The van der Waals surface area contributed by atoms with Crippen molar-refractivity contribution in [2.24, 2.45) is 5.92 Å². The Morgan fingerprint density at radius 2 is 0.719 bits per heavy atom. The maximum absolute atomic E-state index is 13.1. The second-order valence-corrected chi connectivity index (χ2v) is 20.1. The molecule has 2 rings (SSSR count). The zero-order valence-corrected chi connectivity index (χ0v) is 42.5. The first-order valence-corrected chi connectivity index (χ1v) is 28.5. The standard InChI is InChI=1S/C54H110N8O2/c1-2-3-4-5-6-11-14-17-21-32-50(47-52-49-54(64)62-46-30-41-56-36-25-20-24-35-55-40-29-44-60-52)33-22-18-15-12-9-7-8-10-13-16-19-23-34-51-48-53(63)61-45-31-42-58-38-27-26-37-57-39-28-43-59-51/h50-52,55-60H,2-49H2,1H3,(H,61,63)(H,62,64). The summed E-state index contributed by atoms with van der Waals surface area (Å²) in [6.45, 7) is 14.3. The monoisotopic (exact) mass is 903 g/mol. The number of nitrogens with one attached hydrogen (secondary N) is 8. The fourth-order valence-corrected chi connectivity index (χ4v) is 9.82. The number of hydrogen-bond acceptors (Lipinski definition) is 8. The van der Waals surface area contributed by atoms with E-state index in [9.17, 15) is 9.59 Å². The molecule has 2 heterocycles. The van der Waals surface area contributed by atoms with Crippen LogP contribution in [0, 0.1) is 5.92 Å². The van der Waals surface area contributed by atoms with Gasteiger partial charge in [-0.05, 0) is 136 Å². The molecular weight excluding hydrogens is 793 g/mol. The van der Waals surface area contributed by atoms with Crippen LogP contribution in [0.15, 0.2) is 0 Å². The van der Waals surface area contributed by atoms with Crippen LogP contribution in [-0.4, -0.2) is 102 Å². The van der Waals surface area contributed by atoms with Gasteiger partial charge in [0.05, 0.1) is 0 Å². The van der Waals surface area contributed by atoms with Gasteiger partial charge in [0.1, 0.15) is 0 Å². The van der Waals surface area contributed by atoms with Crippen molar-refractivity contribution in [3.8, 4) is 0 Å². The van der Waals surface area contributed by atoms with E-state index in [1.54, 1.807) is 0 Å². The van der Waals surface area contributed by atoms with E-state index in [0.29, 0.717) is 18.9 Å². The van der Waals surface area contributed by atoms with Crippen LogP contribution in [0.1, 0.15) is 238 Å². The molecule has 0 aromatic carbocycles. The van der Waals surface area contributed by atoms with Gasteiger partial charge in [-0.2, -0.15) is 0 Å². The van der Waals surface area contributed by atoms with Gasteiger partial charge in [-0.3, -0.25) is 9.59 Å². The minimum atomic E-state index is 0.206. The number of unbranched alkanes of at least 4 members (excludes halogenated alkanes) is 19. The van der Waals surface area contributed by atoms with Crippen molar-refractivity contribution in [3.05, 3.63) is 0 Å². The minimum Gasteiger partial charge on any atom is -0.356 e. The third-order valence-electron chi connectivity index (χ3n) is 13.9. The van der Waals surface area contributed by atoms with E-state index in [1.165, 1.54) is 180 Å². The fraction of sp³-hybridized carbons (Fsp3) is 0.963. The average molecular weight is 904 g/mol. The molecular formula is C54H110N8O2. The van der Waals surface area contributed by atoms with E-state index in [4.69, 9.17) is 0 Å².